The van der Waals surface area contributed by atoms with E-state index in [9.17, 15) is 0 Å². The van der Waals surface area contributed by atoms with Gasteiger partial charge < -0.3 is 0 Å². The average molecular weight is 231 g/mol. The van der Waals surface area contributed by atoms with Crippen molar-refractivity contribution in [3.63, 3.8) is 0 Å². The molecule has 3 heteroatoms. The summed E-state index contributed by atoms with van der Waals surface area (Å²) in [5.74, 6) is 0. The molecule has 0 bridgehead atoms. The number of nitrogens with zero attached hydrogens (tertiary/aromatic N) is 1. The second kappa shape index (κ2) is 3.78. The minimum atomic E-state index is -0.667. The summed E-state index contributed by atoms with van der Waals surface area (Å²) in [7, 11) is -1.29. The zero-order chi connectivity index (χ0) is 11.0. The summed E-state index contributed by atoms with van der Waals surface area (Å²) in [5.41, 5.74) is 0. The van der Waals surface area contributed by atoms with Crippen molar-refractivity contribution in [2.75, 3.05) is 37.5 Å². The van der Waals surface area contributed by atoms with Crippen LogP contribution < -0.4 is 0 Å². The smallest absolute Gasteiger partial charge is 0.0784 e. The van der Waals surface area contributed by atoms with E-state index in [-0.39, 0.29) is 0 Å². The molecular weight excluding hydrogens is 210 g/mol. The molecule has 0 aromatic carbocycles. The lowest BCUT2D eigenvalue weighted by molar-refractivity contribution is 1.08. The van der Waals surface area contributed by atoms with Gasteiger partial charge in [0.1, 0.15) is 0 Å². The molecule has 1 heterocycles. The highest BCUT2D eigenvalue weighted by atomic mass is 32.3. The molecule has 0 atom stereocenters. The molecule has 0 spiro atoms. The number of rotatable bonds is 2. The van der Waals surface area contributed by atoms with Gasteiger partial charge in [0.05, 0.1) is 5.03 Å². The van der Waals surface area contributed by atoms with Gasteiger partial charge in [0.25, 0.3) is 0 Å². The highest BCUT2D eigenvalue weighted by molar-refractivity contribution is 8.32. The second-order valence-corrected chi connectivity index (χ2v) is 13.2. The van der Waals surface area contributed by atoms with E-state index in [1.807, 2.05) is 0 Å². The molecular formula is C11H21NS2. The van der Waals surface area contributed by atoms with E-state index >= 15 is 0 Å². The van der Waals surface area contributed by atoms with Crippen molar-refractivity contribution in [1.82, 2.24) is 4.98 Å². The quantitative estimate of drug-likeness (QED) is 0.762. The van der Waals surface area contributed by atoms with Crippen LogP contribution in [0.15, 0.2) is 28.3 Å². The maximum atomic E-state index is 4.57. The minimum absolute atomic E-state index is 0.618. The van der Waals surface area contributed by atoms with Crippen LogP contribution in [0.2, 0.25) is 0 Å². The number of hydrogen-bond acceptors (Lipinski definition) is 1. The summed E-state index contributed by atoms with van der Waals surface area (Å²) >= 11 is 0. The fourth-order valence-corrected chi connectivity index (χ4v) is 2.78. The van der Waals surface area contributed by atoms with Gasteiger partial charge in [-0.2, -0.15) is 0 Å². The summed E-state index contributed by atoms with van der Waals surface area (Å²) in [5, 5.41) is 1.25. The standard InChI is InChI=1S/C11H21NS2/c1-13(2,3)10-7-8-11(12-9-10)14(4,5)6/h7-9H,1-6H3. The van der Waals surface area contributed by atoms with Crippen LogP contribution in [0, 0.1) is 0 Å². The third kappa shape index (κ3) is 2.92. The Labute approximate surface area is 91.0 Å². The Bertz CT molecular complexity index is 271. The van der Waals surface area contributed by atoms with Gasteiger partial charge in [-0.05, 0) is 49.7 Å². The van der Waals surface area contributed by atoms with Gasteiger partial charge in [-0.15, -0.1) is 0 Å². The molecule has 0 N–H and O–H groups in total. The van der Waals surface area contributed by atoms with E-state index in [0.29, 0.717) is 0 Å². The molecule has 0 saturated carbocycles. The van der Waals surface area contributed by atoms with E-state index in [0.717, 1.165) is 0 Å². The molecule has 0 unspecified atom stereocenters. The molecule has 0 saturated heterocycles. The maximum Gasteiger partial charge on any atom is 0.0784 e. The molecule has 1 aromatic heterocycles. The van der Waals surface area contributed by atoms with Crippen molar-refractivity contribution in [1.29, 1.82) is 0 Å². The fraction of sp³-hybridized carbons (Fsp3) is 0.545. The highest BCUT2D eigenvalue weighted by Gasteiger charge is 2.12. The monoisotopic (exact) mass is 231 g/mol. The first-order valence-corrected chi connectivity index (χ1v) is 10.3. The van der Waals surface area contributed by atoms with Gasteiger partial charge in [-0.1, -0.05) is 0 Å². The topological polar surface area (TPSA) is 12.9 Å². The third-order valence-electron chi connectivity index (χ3n) is 2.04. The van der Waals surface area contributed by atoms with Crippen molar-refractivity contribution < 1.29 is 0 Å². The molecule has 1 nitrogen and oxygen atoms in total. The van der Waals surface area contributed by atoms with Gasteiger partial charge in [-0.3, -0.25) is 4.98 Å². The lowest BCUT2D eigenvalue weighted by Gasteiger charge is -2.28. The largest absolute Gasteiger partial charge is 0.250 e. The summed E-state index contributed by atoms with van der Waals surface area (Å²) in [4.78, 5) is 5.97. The Hall–Kier alpha value is -0.150. The first-order chi connectivity index (χ1) is 6.21. The summed E-state index contributed by atoms with van der Waals surface area (Å²) < 4.78 is 0. The number of hydrogen-bond donors (Lipinski definition) is 0. The lowest BCUT2D eigenvalue weighted by Crippen LogP contribution is -1.99. The van der Waals surface area contributed by atoms with Crippen LogP contribution in [0.4, 0.5) is 0 Å². The highest BCUT2D eigenvalue weighted by Crippen LogP contribution is 2.47. The van der Waals surface area contributed by atoms with Crippen LogP contribution >= 0.6 is 20.1 Å². The van der Waals surface area contributed by atoms with Crippen LogP contribution in [0.1, 0.15) is 0 Å². The van der Waals surface area contributed by atoms with E-state index in [1.165, 1.54) is 9.92 Å². The molecule has 1 rings (SSSR count). The molecule has 0 fully saturated rings. The Morgan fingerprint density at radius 1 is 0.857 bits per heavy atom. The van der Waals surface area contributed by atoms with Crippen LogP contribution in [0.5, 0.6) is 0 Å². The van der Waals surface area contributed by atoms with Crippen LogP contribution in [-0.4, -0.2) is 42.5 Å². The zero-order valence-corrected chi connectivity index (χ0v) is 11.6. The van der Waals surface area contributed by atoms with Crippen molar-refractivity contribution in [2.24, 2.45) is 0 Å². The first-order valence-electron chi connectivity index (χ1n) is 4.54. The number of pyridine rings is 1. The van der Waals surface area contributed by atoms with Gasteiger partial charge in [0.15, 0.2) is 0 Å². The second-order valence-electron chi connectivity index (χ2n) is 5.01. The summed E-state index contributed by atoms with van der Waals surface area (Å²) in [6, 6.07) is 4.44. The Balaban J connectivity index is 3.02. The Morgan fingerprint density at radius 2 is 1.43 bits per heavy atom. The van der Waals surface area contributed by atoms with Crippen molar-refractivity contribution in [2.45, 2.75) is 9.92 Å². The third-order valence-corrected chi connectivity index (χ3v) is 5.20. The van der Waals surface area contributed by atoms with Gasteiger partial charge in [0, 0.05) is 11.1 Å². The molecule has 0 aliphatic heterocycles. The van der Waals surface area contributed by atoms with Gasteiger partial charge in [0.2, 0.25) is 0 Å². The fourth-order valence-electron chi connectivity index (χ4n) is 1.09. The predicted octanol–water partition coefficient (Wildman–Crippen LogP) is 3.19. The normalized spacial score (nSPS) is 15.3. The van der Waals surface area contributed by atoms with E-state index < -0.39 is 20.1 Å². The van der Waals surface area contributed by atoms with E-state index in [2.05, 4.69) is 60.8 Å². The maximum absolute atomic E-state index is 4.57. The van der Waals surface area contributed by atoms with Gasteiger partial charge in [-0.25, -0.2) is 20.1 Å². The molecule has 82 valence electrons. The van der Waals surface area contributed by atoms with Gasteiger partial charge >= 0.3 is 0 Å². The van der Waals surface area contributed by atoms with Crippen molar-refractivity contribution in [3.8, 4) is 0 Å². The van der Waals surface area contributed by atoms with E-state index in [1.54, 1.807) is 0 Å². The molecule has 0 aliphatic rings. The van der Waals surface area contributed by atoms with Crippen molar-refractivity contribution >= 4 is 20.1 Å². The van der Waals surface area contributed by atoms with E-state index in [4.69, 9.17) is 0 Å². The molecule has 14 heavy (non-hydrogen) atoms. The molecule has 1 aromatic rings. The number of aromatic nitrogens is 1. The van der Waals surface area contributed by atoms with Crippen LogP contribution in [0.25, 0.3) is 0 Å². The molecule has 0 radical (unpaired) electrons. The Morgan fingerprint density at radius 3 is 1.71 bits per heavy atom. The summed E-state index contributed by atoms with van der Waals surface area (Å²) in [6.07, 6.45) is 15.8. The molecule has 0 aliphatic carbocycles. The minimum Gasteiger partial charge on any atom is -0.250 e. The SMILES string of the molecule is CS(C)(C)c1ccc(S(C)(C)C)nc1. The summed E-state index contributed by atoms with van der Waals surface area (Å²) in [6.45, 7) is 0. The predicted molar refractivity (Wildman–Crippen MR) is 71.5 cm³/mol. The lowest BCUT2D eigenvalue weighted by atomic mass is 10.5. The first kappa shape index (κ1) is 11.9. The zero-order valence-electron chi connectivity index (χ0n) is 10.00. The van der Waals surface area contributed by atoms with Crippen molar-refractivity contribution in [3.05, 3.63) is 18.3 Å². The molecule has 0 amide bonds. The Kier molecular flexibility index (Phi) is 3.22. The average Bonchev–Trinajstić information content (AvgIpc) is 2.01. The van der Waals surface area contributed by atoms with Crippen LogP contribution in [-0.2, 0) is 0 Å². The van der Waals surface area contributed by atoms with Crippen LogP contribution in [0.3, 0.4) is 0 Å².